The number of hydrogen-bond acceptors (Lipinski definition) is 2. The van der Waals surface area contributed by atoms with Crippen molar-refractivity contribution < 1.29 is 8.78 Å². The zero-order valence-electron chi connectivity index (χ0n) is 15.0. The van der Waals surface area contributed by atoms with E-state index in [4.69, 9.17) is 0 Å². The van der Waals surface area contributed by atoms with Crippen LogP contribution in [0, 0.1) is 11.6 Å². The summed E-state index contributed by atoms with van der Waals surface area (Å²) in [6.07, 6.45) is 5.06. The van der Waals surface area contributed by atoms with Crippen molar-refractivity contribution in [3.63, 3.8) is 0 Å². The lowest BCUT2D eigenvalue weighted by Crippen LogP contribution is -2.45. The van der Waals surface area contributed by atoms with Gasteiger partial charge in [0.05, 0.1) is 0 Å². The van der Waals surface area contributed by atoms with Crippen LogP contribution < -0.4 is 10.6 Å². The molecule has 1 atom stereocenters. The molecule has 1 aromatic carbocycles. The average Bonchev–Trinajstić information content (AvgIpc) is 2.61. The van der Waals surface area contributed by atoms with Crippen molar-refractivity contribution in [3.05, 3.63) is 35.4 Å². The van der Waals surface area contributed by atoms with Gasteiger partial charge >= 0.3 is 0 Å². The van der Waals surface area contributed by atoms with Crippen LogP contribution in [-0.2, 0) is 6.54 Å². The van der Waals surface area contributed by atoms with E-state index in [1.807, 2.05) is 0 Å². The normalized spacial score (nSPS) is 18.6. The number of halogens is 3. The molecule has 2 N–H and O–H groups in total. The highest BCUT2D eigenvalue weighted by Crippen LogP contribution is 2.18. The van der Waals surface area contributed by atoms with Crippen molar-refractivity contribution >= 4 is 29.9 Å². The number of guanidine groups is 1. The van der Waals surface area contributed by atoms with Crippen molar-refractivity contribution in [2.45, 2.75) is 45.2 Å². The Morgan fingerprint density at radius 3 is 2.80 bits per heavy atom. The molecule has 0 amide bonds. The van der Waals surface area contributed by atoms with Crippen molar-refractivity contribution in [3.8, 4) is 0 Å². The van der Waals surface area contributed by atoms with Gasteiger partial charge in [0.2, 0.25) is 0 Å². The van der Waals surface area contributed by atoms with Gasteiger partial charge in [0.15, 0.2) is 5.96 Å². The molecule has 25 heavy (non-hydrogen) atoms. The van der Waals surface area contributed by atoms with Gasteiger partial charge in [-0.25, -0.2) is 8.78 Å². The molecule has 1 aromatic rings. The Kier molecular flexibility index (Phi) is 10.3. The third-order valence-electron chi connectivity index (χ3n) is 4.59. The number of nitrogens with one attached hydrogen (secondary N) is 2. The maximum absolute atomic E-state index is 13.6. The number of hydrogen-bond donors (Lipinski definition) is 2. The van der Waals surface area contributed by atoms with Gasteiger partial charge in [-0.3, -0.25) is 9.89 Å². The maximum Gasteiger partial charge on any atom is 0.191 e. The Hall–Kier alpha value is -0.960. The molecular weight excluding hydrogens is 437 g/mol. The fourth-order valence-corrected chi connectivity index (χ4v) is 3.21. The lowest BCUT2D eigenvalue weighted by atomic mass is 10.0. The van der Waals surface area contributed by atoms with E-state index in [0.29, 0.717) is 17.6 Å². The van der Waals surface area contributed by atoms with Crippen molar-refractivity contribution in [2.24, 2.45) is 4.99 Å². The summed E-state index contributed by atoms with van der Waals surface area (Å²) in [5.41, 5.74) is 0.292. The highest BCUT2D eigenvalue weighted by Gasteiger charge is 2.19. The second-order valence-corrected chi connectivity index (χ2v) is 6.18. The molecule has 4 nitrogen and oxygen atoms in total. The third-order valence-corrected chi connectivity index (χ3v) is 4.59. The molecule has 1 aliphatic heterocycles. The smallest absolute Gasteiger partial charge is 0.191 e. The van der Waals surface area contributed by atoms with E-state index in [0.717, 1.165) is 31.8 Å². The first-order valence-electron chi connectivity index (χ1n) is 8.76. The van der Waals surface area contributed by atoms with Crippen LogP contribution in [0.5, 0.6) is 0 Å². The second kappa shape index (κ2) is 11.6. The summed E-state index contributed by atoms with van der Waals surface area (Å²) in [5.74, 6) is -0.256. The van der Waals surface area contributed by atoms with Gasteiger partial charge in [-0.2, -0.15) is 0 Å². The lowest BCUT2D eigenvalue weighted by Gasteiger charge is -2.35. The summed E-state index contributed by atoms with van der Waals surface area (Å²) < 4.78 is 26.8. The lowest BCUT2D eigenvalue weighted by molar-refractivity contribution is 0.147. The average molecular weight is 466 g/mol. The van der Waals surface area contributed by atoms with Crippen LogP contribution in [0.25, 0.3) is 0 Å². The molecule has 1 saturated heterocycles. The summed E-state index contributed by atoms with van der Waals surface area (Å²) in [4.78, 5) is 6.66. The zero-order chi connectivity index (χ0) is 17.4. The van der Waals surface area contributed by atoms with Gasteiger partial charge in [-0.1, -0.05) is 13.3 Å². The van der Waals surface area contributed by atoms with Gasteiger partial charge in [-0.05, 0) is 44.0 Å². The van der Waals surface area contributed by atoms with Crippen LogP contribution in [0.1, 0.15) is 38.2 Å². The van der Waals surface area contributed by atoms with E-state index in [2.05, 4.69) is 27.4 Å². The first kappa shape index (κ1) is 22.1. The Bertz CT molecular complexity index is 554. The van der Waals surface area contributed by atoms with Gasteiger partial charge in [0.1, 0.15) is 11.6 Å². The highest BCUT2D eigenvalue weighted by atomic mass is 127. The number of piperidine rings is 1. The van der Waals surface area contributed by atoms with Gasteiger partial charge in [0, 0.05) is 38.3 Å². The molecule has 7 heteroatoms. The molecule has 0 aliphatic carbocycles. The van der Waals surface area contributed by atoms with E-state index < -0.39 is 11.6 Å². The first-order valence-corrected chi connectivity index (χ1v) is 8.76. The molecule has 0 radical (unpaired) electrons. The summed E-state index contributed by atoms with van der Waals surface area (Å²) >= 11 is 0. The van der Waals surface area contributed by atoms with Crippen molar-refractivity contribution in [1.29, 1.82) is 0 Å². The van der Waals surface area contributed by atoms with E-state index in [9.17, 15) is 8.78 Å². The minimum Gasteiger partial charge on any atom is -0.355 e. The van der Waals surface area contributed by atoms with Crippen LogP contribution >= 0.6 is 24.0 Å². The van der Waals surface area contributed by atoms with Crippen LogP contribution in [0.4, 0.5) is 8.78 Å². The summed E-state index contributed by atoms with van der Waals surface area (Å²) in [7, 11) is 1.67. The molecule has 2 rings (SSSR count). The van der Waals surface area contributed by atoms with Crippen molar-refractivity contribution in [2.75, 3.05) is 26.7 Å². The highest BCUT2D eigenvalue weighted by molar-refractivity contribution is 14.0. The number of benzene rings is 1. The van der Waals surface area contributed by atoms with Gasteiger partial charge in [0.25, 0.3) is 0 Å². The van der Waals surface area contributed by atoms with Crippen LogP contribution in [0.15, 0.2) is 23.2 Å². The van der Waals surface area contributed by atoms with E-state index in [1.165, 1.54) is 31.7 Å². The number of nitrogens with zero attached hydrogens (tertiary/aromatic N) is 2. The number of rotatable bonds is 6. The quantitative estimate of drug-likeness (QED) is 0.383. The van der Waals surface area contributed by atoms with Crippen molar-refractivity contribution in [1.82, 2.24) is 15.5 Å². The summed E-state index contributed by atoms with van der Waals surface area (Å²) in [5, 5.41) is 6.28. The molecule has 0 saturated carbocycles. The zero-order valence-corrected chi connectivity index (χ0v) is 17.4. The fraction of sp³-hybridized carbons (Fsp3) is 0.611. The van der Waals surface area contributed by atoms with E-state index >= 15 is 0 Å². The number of likely N-dealkylation sites (tertiary alicyclic amines) is 1. The summed E-state index contributed by atoms with van der Waals surface area (Å²) in [6.45, 7) is 5.34. The standard InChI is InChI=1S/C18H28F2N4.HI/c1-3-16-6-4-5-10-24(16)11-9-22-18(21-2)23-13-14-12-15(19)7-8-17(14)20;/h7-8,12,16H,3-6,9-11,13H2,1-2H3,(H2,21,22,23);1H. The topological polar surface area (TPSA) is 39.7 Å². The molecule has 1 fully saturated rings. The van der Waals surface area contributed by atoms with Gasteiger partial charge in [-0.15, -0.1) is 24.0 Å². The molecule has 0 spiro atoms. The monoisotopic (exact) mass is 466 g/mol. The minimum atomic E-state index is -0.438. The van der Waals surface area contributed by atoms with Crippen LogP contribution in [0.2, 0.25) is 0 Å². The Morgan fingerprint density at radius 2 is 2.08 bits per heavy atom. The largest absolute Gasteiger partial charge is 0.355 e. The predicted molar refractivity (Wildman–Crippen MR) is 109 cm³/mol. The Labute approximate surface area is 166 Å². The van der Waals surface area contributed by atoms with Gasteiger partial charge < -0.3 is 10.6 Å². The summed E-state index contributed by atoms with van der Waals surface area (Å²) in [6, 6.07) is 4.14. The molecule has 1 aliphatic rings. The fourth-order valence-electron chi connectivity index (χ4n) is 3.21. The molecular formula is C18H29F2IN4. The van der Waals surface area contributed by atoms with E-state index in [-0.39, 0.29) is 30.5 Å². The molecule has 1 heterocycles. The minimum absolute atomic E-state index is 0. The van der Waals surface area contributed by atoms with Crippen LogP contribution in [0.3, 0.4) is 0 Å². The molecule has 0 bridgehead atoms. The predicted octanol–water partition coefficient (Wildman–Crippen LogP) is 3.51. The molecule has 1 unspecified atom stereocenters. The second-order valence-electron chi connectivity index (χ2n) is 6.18. The maximum atomic E-state index is 13.6. The molecule has 0 aromatic heterocycles. The Balaban J connectivity index is 0.00000312. The third kappa shape index (κ3) is 7.05. The Morgan fingerprint density at radius 1 is 1.28 bits per heavy atom. The number of aliphatic imine (C=N–C) groups is 1. The molecule has 142 valence electrons. The van der Waals surface area contributed by atoms with Crippen LogP contribution in [-0.4, -0.2) is 43.6 Å². The van der Waals surface area contributed by atoms with E-state index in [1.54, 1.807) is 7.05 Å². The first-order chi connectivity index (χ1) is 11.6. The SMILES string of the molecule is CCC1CCCCN1CCNC(=NC)NCc1cc(F)ccc1F.I.